The Bertz CT molecular complexity index is 705. The summed E-state index contributed by atoms with van der Waals surface area (Å²) in [6.07, 6.45) is 1.17. The van der Waals surface area contributed by atoms with E-state index in [0.29, 0.717) is 10.9 Å². The van der Waals surface area contributed by atoms with E-state index in [2.05, 4.69) is 26.2 Å². The number of hydrogen-bond donors (Lipinski definition) is 1. The molecular weight excluding hydrogens is 342 g/mol. The smallest absolute Gasteiger partial charge is 0.325 e. The number of aromatic nitrogens is 1. The first-order valence-electron chi connectivity index (χ1n) is 6.15. The van der Waals surface area contributed by atoms with Gasteiger partial charge in [0.25, 0.3) is 0 Å². The molecule has 2 rings (SSSR count). The maximum absolute atomic E-state index is 11.4. The number of nitro groups is 1. The predicted molar refractivity (Wildman–Crippen MR) is 81.2 cm³/mol. The third-order valence-electron chi connectivity index (χ3n) is 2.72. The summed E-state index contributed by atoms with van der Waals surface area (Å²) in [7, 11) is 0. The molecule has 110 valence electrons. The highest BCUT2D eigenvalue weighted by molar-refractivity contribution is 9.10. The summed E-state index contributed by atoms with van der Waals surface area (Å²) in [6.45, 7) is 1.80. The molecule has 0 bridgehead atoms. The first-order valence-corrected chi connectivity index (χ1v) is 6.94. The Morgan fingerprint density at radius 1 is 1.52 bits per heavy atom. The van der Waals surface area contributed by atoms with Crippen LogP contribution in [0.15, 0.2) is 28.9 Å². The molecule has 0 aliphatic rings. The van der Waals surface area contributed by atoms with Crippen LogP contribution in [-0.2, 0) is 9.53 Å². The number of fused-ring (bicyclic) bond motifs is 1. The van der Waals surface area contributed by atoms with Gasteiger partial charge in [0.2, 0.25) is 0 Å². The second kappa shape index (κ2) is 6.49. The van der Waals surface area contributed by atoms with Crippen LogP contribution in [0.2, 0.25) is 0 Å². The van der Waals surface area contributed by atoms with Crippen molar-refractivity contribution in [1.82, 2.24) is 4.98 Å². The van der Waals surface area contributed by atoms with Gasteiger partial charge < -0.3 is 10.1 Å². The zero-order chi connectivity index (χ0) is 15.4. The number of ether oxygens (including phenoxy) is 1. The van der Waals surface area contributed by atoms with E-state index < -0.39 is 10.9 Å². The molecule has 0 unspecified atom stereocenters. The number of nitrogens with zero attached hydrogens (tertiary/aromatic N) is 2. The van der Waals surface area contributed by atoms with Gasteiger partial charge in [-0.25, -0.2) is 4.98 Å². The molecule has 0 atom stereocenters. The van der Waals surface area contributed by atoms with Gasteiger partial charge in [-0.3, -0.25) is 14.9 Å². The Balaban J connectivity index is 2.46. The molecule has 7 nitrogen and oxygen atoms in total. The van der Waals surface area contributed by atoms with Gasteiger partial charge in [-0.1, -0.05) is 15.9 Å². The normalized spacial score (nSPS) is 10.4. The summed E-state index contributed by atoms with van der Waals surface area (Å²) in [5, 5.41) is 14.4. The third kappa shape index (κ3) is 3.46. The van der Waals surface area contributed by atoms with Crippen molar-refractivity contribution in [3.63, 3.8) is 0 Å². The van der Waals surface area contributed by atoms with Gasteiger partial charge in [-0.15, -0.1) is 0 Å². The van der Waals surface area contributed by atoms with Crippen LogP contribution < -0.4 is 5.32 Å². The van der Waals surface area contributed by atoms with Gasteiger partial charge >= 0.3 is 11.7 Å². The molecule has 0 amide bonds. The van der Waals surface area contributed by atoms with E-state index in [1.807, 2.05) is 0 Å². The Hall–Kier alpha value is -2.22. The Kier molecular flexibility index (Phi) is 4.69. The number of halogens is 1. The number of nitrogens with one attached hydrogen (secondary N) is 1. The fourth-order valence-corrected chi connectivity index (χ4v) is 2.21. The Morgan fingerprint density at radius 2 is 2.29 bits per heavy atom. The number of hydrogen-bond acceptors (Lipinski definition) is 6. The first-order chi connectivity index (χ1) is 10.0. The van der Waals surface area contributed by atoms with E-state index in [9.17, 15) is 14.9 Å². The number of rotatable bonds is 5. The molecule has 1 heterocycles. The Morgan fingerprint density at radius 3 is 2.95 bits per heavy atom. The highest BCUT2D eigenvalue weighted by Crippen LogP contribution is 2.32. The van der Waals surface area contributed by atoms with E-state index in [4.69, 9.17) is 4.74 Å². The van der Waals surface area contributed by atoms with E-state index in [0.717, 1.165) is 4.47 Å². The molecule has 0 saturated carbocycles. The molecule has 0 radical (unpaired) electrons. The number of carbonyl (C=O) groups is 1. The van der Waals surface area contributed by atoms with E-state index in [-0.39, 0.29) is 24.5 Å². The molecular formula is C13H12BrN3O4. The fraction of sp³-hybridized carbons (Fsp3) is 0.231. The van der Waals surface area contributed by atoms with Crippen molar-refractivity contribution < 1.29 is 14.5 Å². The number of carbonyl (C=O) groups excluding carboxylic acids is 1. The van der Waals surface area contributed by atoms with Gasteiger partial charge in [-0.2, -0.15) is 0 Å². The lowest BCUT2D eigenvalue weighted by Gasteiger charge is -2.10. The minimum Gasteiger partial charge on any atom is -0.465 e. The van der Waals surface area contributed by atoms with Crippen LogP contribution in [0.5, 0.6) is 0 Å². The second-order valence-electron chi connectivity index (χ2n) is 4.10. The molecule has 1 aromatic heterocycles. The molecule has 0 fully saturated rings. The zero-order valence-corrected chi connectivity index (χ0v) is 12.7. The summed E-state index contributed by atoms with van der Waals surface area (Å²) in [5.74, 6) is -0.480. The highest BCUT2D eigenvalue weighted by atomic mass is 79.9. The van der Waals surface area contributed by atoms with Gasteiger partial charge in [0, 0.05) is 9.86 Å². The van der Waals surface area contributed by atoms with Crippen molar-refractivity contribution in [2.45, 2.75) is 6.92 Å². The lowest BCUT2D eigenvalue weighted by atomic mass is 10.1. The monoisotopic (exact) mass is 353 g/mol. The van der Waals surface area contributed by atoms with Gasteiger partial charge in [0.1, 0.15) is 18.4 Å². The molecule has 2 aromatic rings. The number of pyridine rings is 1. The van der Waals surface area contributed by atoms with Crippen LogP contribution in [0.25, 0.3) is 10.9 Å². The molecule has 0 aliphatic carbocycles. The summed E-state index contributed by atoms with van der Waals surface area (Å²) < 4.78 is 5.56. The summed E-state index contributed by atoms with van der Waals surface area (Å²) in [5.41, 5.74) is 0.652. The molecule has 1 N–H and O–H groups in total. The quantitative estimate of drug-likeness (QED) is 0.504. The van der Waals surface area contributed by atoms with Crippen molar-refractivity contribution in [2.24, 2.45) is 0 Å². The number of anilines is 1. The predicted octanol–water partition coefficient (Wildman–Crippen LogP) is 2.88. The fourth-order valence-electron chi connectivity index (χ4n) is 1.85. The third-order valence-corrected chi connectivity index (χ3v) is 3.21. The minimum absolute atomic E-state index is 0.152. The standard InChI is InChI=1S/C13H12BrN3O4/c1-2-21-12(18)7-16-13-9-5-8(14)3-4-10(9)15-6-11(13)17(19)20/h3-6H,2,7H2,1H3,(H,15,16). The van der Waals surface area contributed by atoms with Crippen molar-refractivity contribution in [2.75, 3.05) is 18.5 Å². The molecule has 0 spiro atoms. The SMILES string of the molecule is CCOC(=O)CNc1c([N+](=O)[O-])cnc2ccc(Br)cc12. The average Bonchev–Trinajstić information content (AvgIpc) is 2.44. The average molecular weight is 354 g/mol. The minimum atomic E-state index is -0.541. The first kappa shape index (κ1) is 15.2. The van der Waals surface area contributed by atoms with Gasteiger partial charge in [-0.05, 0) is 25.1 Å². The van der Waals surface area contributed by atoms with Crippen LogP contribution >= 0.6 is 15.9 Å². The largest absolute Gasteiger partial charge is 0.465 e. The Labute approximate surface area is 128 Å². The van der Waals surface area contributed by atoms with E-state index in [1.165, 1.54) is 6.20 Å². The molecule has 8 heteroatoms. The molecule has 0 aliphatic heterocycles. The van der Waals surface area contributed by atoms with Gasteiger partial charge in [0.05, 0.1) is 17.0 Å². The second-order valence-corrected chi connectivity index (χ2v) is 5.01. The van der Waals surface area contributed by atoms with E-state index >= 15 is 0 Å². The van der Waals surface area contributed by atoms with Crippen molar-refractivity contribution in [1.29, 1.82) is 0 Å². The summed E-state index contributed by atoms with van der Waals surface area (Å²) in [4.78, 5) is 26.0. The molecule has 1 aromatic carbocycles. The maximum atomic E-state index is 11.4. The van der Waals surface area contributed by atoms with Crippen molar-refractivity contribution in [3.05, 3.63) is 39.0 Å². The zero-order valence-electron chi connectivity index (χ0n) is 11.1. The van der Waals surface area contributed by atoms with Crippen LogP contribution in [0.4, 0.5) is 11.4 Å². The molecule has 21 heavy (non-hydrogen) atoms. The lowest BCUT2D eigenvalue weighted by Crippen LogP contribution is -2.17. The number of esters is 1. The van der Waals surface area contributed by atoms with Crippen LogP contribution in [0.1, 0.15) is 6.92 Å². The van der Waals surface area contributed by atoms with Crippen molar-refractivity contribution >= 4 is 44.2 Å². The summed E-state index contributed by atoms with van der Waals surface area (Å²) in [6, 6.07) is 5.23. The maximum Gasteiger partial charge on any atom is 0.325 e. The number of benzene rings is 1. The summed E-state index contributed by atoms with van der Waals surface area (Å²) >= 11 is 3.32. The molecule has 0 saturated heterocycles. The van der Waals surface area contributed by atoms with Crippen LogP contribution in [0, 0.1) is 10.1 Å². The topological polar surface area (TPSA) is 94.4 Å². The van der Waals surface area contributed by atoms with Crippen molar-refractivity contribution in [3.8, 4) is 0 Å². The van der Waals surface area contributed by atoms with E-state index in [1.54, 1.807) is 25.1 Å². The van der Waals surface area contributed by atoms with Crippen LogP contribution in [0.3, 0.4) is 0 Å². The van der Waals surface area contributed by atoms with Crippen LogP contribution in [-0.4, -0.2) is 29.0 Å². The van der Waals surface area contributed by atoms with Gasteiger partial charge in [0.15, 0.2) is 0 Å². The lowest BCUT2D eigenvalue weighted by molar-refractivity contribution is -0.384. The highest BCUT2D eigenvalue weighted by Gasteiger charge is 2.19.